The maximum absolute atomic E-state index is 13.3. The minimum Gasteiger partial charge on any atom is -0.493 e. The zero-order valence-corrected chi connectivity index (χ0v) is 21.9. The fraction of sp³-hybridized carbons (Fsp3) is 0.179. The quantitative estimate of drug-likeness (QED) is 0.273. The maximum atomic E-state index is 13.3. The summed E-state index contributed by atoms with van der Waals surface area (Å²) in [7, 11) is 1.50. The molecule has 0 atom stereocenters. The number of ether oxygens (including phenoxy) is 3. The molecular formula is C28H25BrN2O6. The second kappa shape index (κ2) is 11.7. The third-order valence-electron chi connectivity index (χ3n) is 5.46. The molecule has 0 unspecified atom stereocenters. The molecule has 1 heterocycles. The standard InChI is InChI=1S/C28H25BrN2O6/c1-3-13-36-25-23(29)15-19(16-24(25)35-2)14-22-26(32)30-28(34)31(27(22)33)20-9-11-21(12-10-20)37-17-18-7-5-4-6-8-18/h4-12,14-16H,3,13,17H2,1-2H3,(H,30,32,34)/b22-14+. The van der Waals surface area contributed by atoms with Crippen LogP contribution in [0.15, 0.2) is 76.8 Å². The Morgan fingerprint density at radius 2 is 1.70 bits per heavy atom. The maximum Gasteiger partial charge on any atom is 0.335 e. The molecule has 0 bridgehead atoms. The van der Waals surface area contributed by atoms with Gasteiger partial charge in [-0.05, 0) is 76.0 Å². The predicted octanol–water partition coefficient (Wildman–Crippen LogP) is 5.49. The van der Waals surface area contributed by atoms with Gasteiger partial charge in [-0.15, -0.1) is 0 Å². The van der Waals surface area contributed by atoms with E-state index in [0.717, 1.165) is 16.9 Å². The Balaban J connectivity index is 1.56. The lowest BCUT2D eigenvalue weighted by molar-refractivity contribution is -0.122. The van der Waals surface area contributed by atoms with Crippen molar-refractivity contribution >= 4 is 45.5 Å². The summed E-state index contributed by atoms with van der Waals surface area (Å²) in [5.74, 6) is 0.0184. The minimum atomic E-state index is -0.827. The first-order valence-electron chi connectivity index (χ1n) is 11.6. The van der Waals surface area contributed by atoms with Crippen LogP contribution in [0.25, 0.3) is 6.08 Å². The van der Waals surface area contributed by atoms with E-state index in [-0.39, 0.29) is 5.57 Å². The third kappa shape index (κ3) is 6.00. The number of carbonyl (C=O) groups is 3. The van der Waals surface area contributed by atoms with Gasteiger partial charge in [0.1, 0.15) is 17.9 Å². The van der Waals surface area contributed by atoms with Crippen LogP contribution >= 0.6 is 15.9 Å². The Labute approximate surface area is 223 Å². The van der Waals surface area contributed by atoms with Crippen molar-refractivity contribution in [3.63, 3.8) is 0 Å². The normalized spacial score (nSPS) is 14.5. The zero-order valence-electron chi connectivity index (χ0n) is 20.3. The highest BCUT2D eigenvalue weighted by Gasteiger charge is 2.37. The van der Waals surface area contributed by atoms with E-state index in [2.05, 4.69) is 21.2 Å². The number of rotatable bonds is 9. The van der Waals surface area contributed by atoms with E-state index in [1.807, 2.05) is 37.3 Å². The van der Waals surface area contributed by atoms with Gasteiger partial charge in [0.25, 0.3) is 11.8 Å². The first-order chi connectivity index (χ1) is 17.9. The molecule has 0 aromatic heterocycles. The van der Waals surface area contributed by atoms with Crippen LogP contribution in [0.1, 0.15) is 24.5 Å². The molecule has 4 amide bonds. The van der Waals surface area contributed by atoms with E-state index in [4.69, 9.17) is 14.2 Å². The lowest BCUT2D eigenvalue weighted by atomic mass is 10.1. The first-order valence-corrected chi connectivity index (χ1v) is 12.4. The van der Waals surface area contributed by atoms with Crippen molar-refractivity contribution in [2.45, 2.75) is 20.0 Å². The summed E-state index contributed by atoms with van der Waals surface area (Å²) >= 11 is 3.46. The lowest BCUT2D eigenvalue weighted by Crippen LogP contribution is -2.54. The Hall–Kier alpha value is -4.11. The highest BCUT2D eigenvalue weighted by molar-refractivity contribution is 9.10. The molecule has 1 saturated heterocycles. The van der Waals surface area contributed by atoms with Crippen LogP contribution in [0.2, 0.25) is 0 Å². The minimum absolute atomic E-state index is 0.194. The molecule has 1 aliphatic heterocycles. The molecule has 190 valence electrons. The lowest BCUT2D eigenvalue weighted by Gasteiger charge is -2.26. The SMILES string of the molecule is CCCOc1c(Br)cc(/C=C2\C(=O)NC(=O)N(c3ccc(OCc4ccccc4)cc3)C2=O)cc1OC. The van der Waals surface area contributed by atoms with Crippen molar-refractivity contribution in [2.24, 2.45) is 0 Å². The van der Waals surface area contributed by atoms with Crippen LogP contribution in [-0.4, -0.2) is 31.6 Å². The van der Waals surface area contributed by atoms with Crippen molar-refractivity contribution in [2.75, 3.05) is 18.6 Å². The Kier molecular flexibility index (Phi) is 8.25. The summed E-state index contributed by atoms with van der Waals surface area (Å²) in [5, 5.41) is 2.23. The molecule has 0 spiro atoms. The van der Waals surface area contributed by atoms with Crippen molar-refractivity contribution < 1.29 is 28.6 Å². The molecule has 0 aliphatic carbocycles. The number of hydrogen-bond donors (Lipinski definition) is 1. The number of anilines is 1. The summed E-state index contributed by atoms with van der Waals surface area (Å²) in [5.41, 5.74) is 1.64. The molecule has 3 aromatic carbocycles. The van der Waals surface area contributed by atoms with Crippen molar-refractivity contribution in [3.8, 4) is 17.2 Å². The number of nitrogens with one attached hydrogen (secondary N) is 1. The van der Waals surface area contributed by atoms with E-state index in [1.54, 1.807) is 36.4 Å². The monoisotopic (exact) mass is 564 g/mol. The fourth-order valence-electron chi connectivity index (χ4n) is 3.66. The van der Waals surface area contributed by atoms with E-state index in [0.29, 0.717) is 46.2 Å². The van der Waals surface area contributed by atoms with Crippen LogP contribution in [0, 0.1) is 0 Å². The summed E-state index contributed by atoms with van der Waals surface area (Å²) in [6, 6.07) is 18.7. The number of nitrogens with zero attached hydrogens (tertiary/aromatic N) is 1. The summed E-state index contributed by atoms with van der Waals surface area (Å²) in [6.45, 7) is 2.88. The second-order valence-electron chi connectivity index (χ2n) is 8.11. The highest BCUT2D eigenvalue weighted by atomic mass is 79.9. The van der Waals surface area contributed by atoms with Crippen molar-refractivity contribution in [1.29, 1.82) is 0 Å². The van der Waals surface area contributed by atoms with E-state index < -0.39 is 17.8 Å². The van der Waals surface area contributed by atoms with Gasteiger partial charge in [0, 0.05) is 0 Å². The van der Waals surface area contributed by atoms with Gasteiger partial charge in [0.2, 0.25) is 0 Å². The van der Waals surface area contributed by atoms with Crippen LogP contribution in [0.4, 0.5) is 10.5 Å². The average molecular weight is 565 g/mol. The Morgan fingerprint density at radius 1 is 0.973 bits per heavy atom. The topological polar surface area (TPSA) is 94.2 Å². The number of imide groups is 2. The van der Waals surface area contributed by atoms with Crippen molar-refractivity contribution in [3.05, 3.63) is 87.9 Å². The second-order valence-corrected chi connectivity index (χ2v) is 8.96. The van der Waals surface area contributed by atoms with Crippen molar-refractivity contribution in [1.82, 2.24) is 5.32 Å². The van der Waals surface area contributed by atoms with Gasteiger partial charge < -0.3 is 14.2 Å². The molecule has 4 rings (SSSR count). The number of urea groups is 1. The molecule has 8 nitrogen and oxygen atoms in total. The smallest absolute Gasteiger partial charge is 0.335 e. The molecule has 0 saturated carbocycles. The van der Waals surface area contributed by atoms with Crippen LogP contribution < -0.4 is 24.4 Å². The molecule has 0 radical (unpaired) electrons. The van der Waals surface area contributed by atoms with E-state index >= 15 is 0 Å². The van der Waals surface area contributed by atoms with E-state index in [1.165, 1.54) is 13.2 Å². The number of carbonyl (C=O) groups excluding carboxylic acids is 3. The third-order valence-corrected chi connectivity index (χ3v) is 6.05. The van der Waals surface area contributed by atoms with Gasteiger partial charge in [-0.25, -0.2) is 9.69 Å². The number of barbiturate groups is 1. The molecule has 37 heavy (non-hydrogen) atoms. The van der Waals surface area contributed by atoms with Gasteiger partial charge in [0.05, 0.1) is 23.9 Å². The number of methoxy groups -OCH3 is 1. The first kappa shape index (κ1) is 26.0. The van der Waals surface area contributed by atoms with Crippen LogP contribution in [0.3, 0.4) is 0 Å². The molecule has 1 fully saturated rings. The van der Waals surface area contributed by atoms with Gasteiger partial charge in [0.15, 0.2) is 11.5 Å². The number of amides is 4. The molecule has 9 heteroatoms. The zero-order chi connectivity index (χ0) is 26.4. The summed E-state index contributed by atoms with van der Waals surface area (Å²) in [6.07, 6.45) is 2.23. The largest absolute Gasteiger partial charge is 0.493 e. The number of hydrogen-bond acceptors (Lipinski definition) is 6. The Morgan fingerprint density at radius 3 is 2.38 bits per heavy atom. The Bertz CT molecular complexity index is 1340. The molecule has 1 N–H and O–H groups in total. The average Bonchev–Trinajstić information content (AvgIpc) is 2.90. The number of halogens is 1. The van der Waals surface area contributed by atoms with Gasteiger partial charge in [-0.2, -0.15) is 0 Å². The summed E-state index contributed by atoms with van der Waals surface area (Å²) in [4.78, 5) is 39.3. The van der Waals surface area contributed by atoms with E-state index in [9.17, 15) is 14.4 Å². The van der Waals surface area contributed by atoms with Crippen LogP contribution in [0.5, 0.6) is 17.2 Å². The molecule has 3 aromatic rings. The van der Waals surface area contributed by atoms with Gasteiger partial charge >= 0.3 is 6.03 Å². The fourth-order valence-corrected chi connectivity index (χ4v) is 4.23. The van der Waals surface area contributed by atoms with Gasteiger partial charge in [-0.3, -0.25) is 14.9 Å². The summed E-state index contributed by atoms with van der Waals surface area (Å²) < 4.78 is 17.5. The predicted molar refractivity (Wildman–Crippen MR) is 143 cm³/mol. The highest BCUT2D eigenvalue weighted by Crippen LogP contribution is 2.37. The van der Waals surface area contributed by atoms with Crippen LogP contribution in [-0.2, 0) is 16.2 Å². The molecular weight excluding hydrogens is 540 g/mol. The number of benzene rings is 3. The molecule has 1 aliphatic rings. The van der Waals surface area contributed by atoms with Gasteiger partial charge in [-0.1, -0.05) is 37.3 Å².